The Morgan fingerprint density at radius 3 is 2.82 bits per heavy atom. The number of methoxy groups -OCH3 is 1. The maximum atomic E-state index is 11.5. The number of pyridine rings is 2. The van der Waals surface area contributed by atoms with Crippen molar-refractivity contribution in [3.05, 3.63) is 52.4 Å². The number of aromatic nitrogens is 2. The highest BCUT2D eigenvalue weighted by molar-refractivity contribution is 6.31. The fourth-order valence-electron chi connectivity index (χ4n) is 3.19. The average Bonchev–Trinajstić information content (AvgIpc) is 2.73. The average molecular weight is 403 g/mol. The van der Waals surface area contributed by atoms with Gasteiger partial charge in [-0.3, -0.25) is 4.79 Å². The Labute approximate surface area is 169 Å². The first-order valence-electron chi connectivity index (χ1n) is 9.24. The summed E-state index contributed by atoms with van der Waals surface area (Å²) in [6, 6.07) is 5.45. The number of aldehydes is 1. The van der Waals surface area contributed by atoms with Gasteiger partial charge in [-0.25, -0.2) is 9.97 Å². The van der Waals surface area contributed by atoms with Crippen molar-refractivity contribution in [2.75, 3.05) is 26.9 Å². The molecule has 2 heterocycles. The molecule has 0 amide bonds. The molecule has 3 rings (SSSR count). The largest absolute Gasteiger partial charge is 0.487 e. The minimum Gasteiger partial charge on any atom is -0.487 e. The summed E-state index contributed by atoms with van der Waals surface area (Å²) in [6.07, 6.45) is 8.03. The molecule has 0 N–H and O–H groups in total. The van der Waals surface area contributed by atoms with Crippen LogP contribution in [0.15, 0.2) is 36.2 Å². The zero-order valence-corrected chi connectivity index (χ0v) is 16.6. The fourth-order valence-corrected chi connectivity index (χ4v) is 3.42. The summed E-state index contributed by atoms with van der Waals surface area (Å²) in [5.74, 6) is 0.801. The highest BCUT2D eigenvalue weighted by Gasteiger charge is 2.18. The van der Waals surface area contributed by atoms with Gasteiger partial charge in [0.1, 0.15) is 24.1 Å². The Morgan fingerprint density at radius 1 is 1.18 bits per heavy atom. The summed E-state index contributed by atoms with van der Waals surface area (Å²) in [7, 11) is 1.59. The minimum absolute atomic E-state index is 0.365. The van der Waals surface area contributed by atoms with Gasteiger partial charge in [-0.05, 0) is 42.9 Å². The molecule has 7 heteroatoms. The Hall–Kier alpha value is -2.44. The third-order valence-corrected chi connectivity index (χ3v) is 4.91. The molecule has 0 spiro atoms. The molecule has 0 radical (unpaired) electrons. The summed E-state index contributed by atoms with van der Waals surface area (Å²) < 4.78 is 16.3. The number of carbonyl (C=O) groups excluding carboxylic acids is 1. The first kappa shape index (κ1) is 20.3. The van der Waals surface area contributed by atoms with Crippen molar-refractivity contribution in [3.63, 3.8) is 0 Å². The SMILES string of the molecule is COCCOc1cc(C=O)c(OCC2=C(c3cccnc3Cl)CCCC2)cn1. The van der Waals surface area contributed by atoms with Crippen LogP contribution in [-0.4, -0.2) is 43.2 Å². The lowest BCUT2D eigenvalue weighted by Gasteiger charge is -2.22. The number of ether oxygens (including phenoxy) is 3. The topological polar surface area (TPSA) is 70.5 Å². The molecule has 2 aromatic rings. The van der Waals surface area contributed by atoms with E-state index in [0.29, 0.717) is 42.2 Å². The fraction of sp³-hybridized carbons (Fsp3) is 0.381. The minimum atomic E-state index is 0.365. The van der Waals surface area contributed by atoms with Crippen LogP contribution in [0.5, 0.6) is 11.6 Å². The van der Waals surface area contributed by atoms with Gasteiger partial charge in [-0.1, -0.05) is 17.7 Å². The van der Waals surface area contributed by atoms with Crippen molar-refractivity contribution in [2.24, 2.45) is 0 Å². The van der Waals surface area contributed by atoms with Crippen molar-refractivity contribution < 1.29 is 19.0 Å². The molecular weight excluding hydrogens is 380 g/mol. The molecule has 0 unspecified atom stereocenters. The molecule has 2 aromatic heterocycles. The van der Waals surface area contributed by atoms with E-state index < -0.39 is 0 Å². The van der Waals surface area contributed by atoms with Gasteiger partial charge in [0.15, 0.2) is 6.29 Å². The molecule has 6 nitrogen and oxygen atoms in total. The molecule has 148 valence electrons. The van der Waals surface area contributed by atoms with Gasteiger partial charge < -0.3 is 14.2 Å². The van der Waals surface area contributed by atoms with Crippen molar-refractivity contribution >= 4 is 23.5 Å². The van der Waals surface area contributed by atoms with E-state index in [4.69, 9.17) is 25.8 Å². The number of hydrogen-bond donors (Lipinski definition) is 0. The van der Waals surface area contributed by atoms with Gasteiger partial charge in [-0.15, -0.1) is 0 Å². The maximum Gasteiger partial charge on any atom is 0.214 e. The summed E-state index contributed by atoms with van der Waals surface area (Å²) in [4.78, 5) is 19.9. The van der Waals surface area contributed by atoms with E-state index in [1.165, 1.54) is 17.3 Å². The van der Waals surface area contributed by atoms with E-state index in [9.17, 15) is 4.79 Å². The van der Waals surface area contributed by atoms with Crippen molar-refractivity contribution in [3.8, 4) is 11.6 Å². The number of hydrogen-bond acceptors (Lipinski definition) is 6. The summed E-state index contributed by atoms with van der Waals surface area (Å²) in [6.45, 7) is 1.20. The normalized spacial score (nSPS) is 14.1. The van der Waals surface area contributed by atoms with Crippen LogP contribution in [0.2, 0.25) is 5.15 Å². The first-order chi connectivity index (χ1) is 13.7. The summed E-state index contributed by atoms with van der Waals surface area (Å²) in [5, 5.41) is 0.504. The van der Waals surface area contributed by atoms with E-state index in [2.05, 4.69) is 9.97 Å². The Bertz CT molecular complexity index is 854. The van der Waals surface area contributed by atoms with Crippen LogP contribution in [0.1, 0.15) is 41.6 Å². The number of nitrogens with zero attached hydrogens (tertiary/aromatic N) is 2. The van der Waals surface area contributed by atoms with Crippen molar-refractivity contribution in [1.82, 2.24) is 9.97 Å². The van der Waals surface area contributed by atoms with E-state index in [0.717, 1.165) is 37.5 Å². The molecule has 0 fully saturated rings. The first-order valence-corrected chi connectivity index (χ1v) is 9.62. The lowest BCUT2D eigenvalue weighted by molar-refractivity contribution is 0.111. The quantitative estimate of drug-likeness (QED) is 0.352. The van der Waals surface area contributed by atoms with Crippen LogP contribution in [0.3, 0.4) is 0 Å². The van der Waals surface area contributed by atoms with Crippen LogP contribution in [0, 0.1) is 0 Å². The maximum absolute atomic E-state index is 11.5. The summed E-state index contributed by atoms with van der Waals surface area (Å²) >= 11 is 6.29. The highest BCUT2D eigenvalue weighted by atomic mass is 35.5. The van der Waals surface area contributed by atoms with Crippen molar-refractivity contribution in [2.45, 2.75) is 25.7 Å². The van der Waals surface area contributed by atoms with Gasteiger partial charge in [0, 0.05) is 24.9 Å². The second-order valence-electron chi connectivity index (χ2n) is 6.44. The predicted molar refractivity (Wildman–Crippen MR) is 107 cm³/mol. The second kappa shape index (κ2) is 10.2. The lowest BCUT2D eigenvalue weighted by Crippen LogP contribution is -2.10. The molecule has 1 aliphatic carbocycles. The Kier molecular flexibility index (Phi) is 7.39. The Morgan fingerprint density at radius 2 is 2.04 bits per heavy atom. The van der Waals surface area contributed by atoms with Crippen molar-refractivity contribution in [1.29, 1.82) is 0 Å². The van der Waals surface area contributed by atoms with Crippen LogP contribution in [-0.2, 0) is 4.74 Å². The highest BCUT2D eigenvalue weighted by Crippen LogP contribution is 2.35. The predicted octanol–water partition coefficient (Wildman–Crippen LogP) is 4.37. The van der Waals surface area contributed by atoms with Gasteiger partial charge in [0.25, 0.3) is 0 Å². The smallest absolute Gasteiger partial charge is 0.214 e. The molecule has 28 heavy (non-hydrogen) atoms. The third kappa shape index (κ3) is 5.09. The number of carbonyl (C=O) groups is 1. The van der Waals surface area contributed by atoms with E-state index in [-0.39, 0.29) is 0 Å². The van der Waals surface area contributed by atoms with E-state index in [1.54, 1.807) is 19.4 Å². The zero-order chi connectivity index (χ0) is 19.8. The number of halogens is 1. The van der Waals surface area contributed by atoms with Gasteiger partial charge in [0.05, 0.1) is 18.4 Å². The number of allylic oxidation sites excluding steroid dienone is 1. The molecule has 0 bridgehead atoms. The third-order valence-electron chi connectivity index (χ3n) is 4.61. The molecule has 1 aliphatic rings. The standard InChI is InChI=1S/C21H23ClN2O4/c1-26-9-10-27-20-11-16(13-25)19(12-24-20)28-14-15-5-2-3-6-17(15)18-7-4-8-23-21(18)22/h4,7-8,11-13H,2-3,5-6,9-10,14H2,1H3. The molecule has 0 aromatic carbocycles. The van der Waals surface area contributed by atoms with Crippen LogP contribution in [0.4, 0.5) is 0 Å². The van der Waals surface area contributed by atoms with Crippen LogP contribution < -0.4 is 9.47 Å². The van der Waals surface area contributed by atoms with Crippen LogP contribution in [0.25, 0.3) is 5.57 Å². The van der Waals surface area contributed by atoms with Gasteiger partial charge in [-0.2, -0.15) is 0 Å². The molecule has 0 atom stereocenters. The van der Waals surface area contributed by atoms with Gasteiger partial charge in [0.2, 0.25) is 5.88 Å². The molecule has 0 saturated carbocycles. The molecule has 0 aliphatic heterocycles. The second-order valence-corrected chi connectivity index (χ2v) is 6.80. The van der Waals surface area contributed by atoms with Gasteiger partial charge >= 0.3 is 0 Å². The summed E-state index contributed by atoms with van der Waals surface area (Å²) in [5.41, 5.74) is 3.72. The molecule has 0 saturated heterocycles. The Balaban J connectivity index is 1.76. The lowest BCUT2D eigenvalue weighted by atomic mass is 9.88. The van der Waals surface area contributed by atoms with E-state index >= 15 is 0 Å². The monoisotopic (exact) mass is 402 g/mol. The van der Waals surface area contributed by atoms with Crippen LogP contribution >= 0.6 is 11.6 Å². The van der Waals surface area contributed by atoms with E-state index in [1.807, 2.05) is 12.1 Å². The molecular formula is C21H23ClN2O4. The number of rotatable bonds is 9. The zero-order valence-electron chi connectivity index (χ0n) is 15.8.